The molecule has 20 heavy (non-hydrogen) atoms. The van der Waals surface area contributed by atoms with E-state index < -0.39 is 5.56 Å². The van der Waals surface area contributed by atoms with Crippen molar-refractivity contribution in [3.05, 3.63) is 44.9 Å². The number of nitriles is 1. The Balaban J connectivity index is 2.10. The number of pyridine rings is 1. The maximum atomic E-state index is 12.1. The first kappa shape index (κ1) is 14.1. The van der Waals surface area contributed by atoms with Gasteiger partial charge in [0.15, 0.2) is 0 Å². The van der Waals surface area contributed by atoms with Crippen LogP contribution in [0.2, 0.25) is 0 Å². The van der Waals surface area contributed by atoms with Gasteiger partial charge in [-0.1, -0.05) is 11.6 Å². The number of aromatic amines is 1. The highest BCUT2D eigenvalue weighted by molar-refractivity contribution is 5.93. The zero-order valence-corrected chi connectivity index (χ0v) is 11.5. The number of nitrogens with zero attached hydrogens (tertiary/aromatic N) is 1. The Bertz CT molecular complexity index is 650. The van der Waals surface area contributed by atoms with Gasteiger partial charge in [-0.3, -0.25) is 9.59 Å². The van der Waals surface area contributed by atoms with E-state index in [1.807, 2.05) is 0 Å². The summed E-state index contributed by atoms with van der Waals surface area (Å²) < 4.78 is 0. The fraction of sp³-hybridized carbons (Fsp3) is 0.400. The number of hydrogen-bond acceptors (Lipinski definition) is 3. The van der Waals surface area contributed by atoms with Crippen LogP contribution in [0.15, 0.2) is 22.5 Å². The average molecular weight is 271 g/mol. The minimum Gasteiger partial charge on any atom is -0.347 e. The molecule has 5 heteroatoms. The third kappa shape index (κ3) is 3.15. The SMILES string of the molecule is Cc1cc(C#N)c(=O)[nH]c1C(=O)NCC1=CCCCC1. The van der Waals surface area contributed by atoms with E-state index in [0.717, 1.165) is 19.3 Å². The summed E-state index contributed by atoms with van der Waals surface area (Å²) in [6.45, 7) is 2.21. The Hall–Kier alpha value is -2.35. The lowest BCUT2D eigenvalue weighted by molar-refractivity contribution is 0.0950. The van der Waals surface area contributed by atoms with Crippen molar-refractivity contribution in [1.29, 1.82) is 5.26 Å². The number of allylic oxidation sites excluding steroid dienone is 1. The number of H-pyrrole nitrogens is 1. The predicted molar refractivity (Wildman–Crippen MR) is 75.4 cm³/mol. The molecule has 1 aromatic rings. The topological polar surface area (TPSA) is 85.8 Å². The minimum absolute atomic E-state index is 0.0223. The molecular formula is C15H17N3O2. The van der Waals surface area contributed by atoms with Crippen LogP contribution in [0.4, 0.5) is 0 Å². The normalized spacial score (nSPS) is 14.3. The summed E-state index contributed by atoms with van der Waals surface area (Å²) in [5, 5.41) is 11.6. The van der Waals surface area contributed by atoms with Crippen molar-refractivity contribution in [2.45, 2.75) is 32.6 Å². The summed E-state index contributed by atoms with van der Waals surface area (Å²) in [6, 6.07) is 3.24. The van der Waals surface area contributed by atoms with Crippen LogP contribution in [0.3, 0.4) is 0 Å². The molecule has 1 amide bonds. The van der Waals surface area contributed by atoms with Gasteiger partial charge in [0.05, 0.1) is 0 Å². The number of rotatable bonds is 3. The van der Waals surface area contributed by atoms with E-state index in [-0.39, 0.29) is 17.2 Å². The molecule has 104 valence electrons. The van der Waals surface area contributed by atoms with E-state index in [1.54, 1.807) is 13.0 Å². The number of nitrogens with one attached hydrogen (secondary N) is 2. The third-order valence-electron chi connectivity index (χ3n) is 3.45. The molecule has 2 N–H and O–H groups in total. The number of aromatic nitrogens is 1. The summed E-state index contributed by atoms with van der Waals surface area (Å²) in [4.78, 5) is 26.1. The molecule has 1 aliphatic rings. The molecule has 1 aliphatic carbocycles. The van der Waals surface area contributed by atoms with Gasteiger partial charge in [0.1, 0.15) is 17.3 Å². The maximum Gasteiger partial charge on any atom is 0.268 e. The van der Waals surface area contributed by atoms with Gasteiger partial charge < -0.3 is 10.3 Å². The van der Waals surface area contributed by atoms with Crippen LogP contribution in [0.25, 0.3) is 0 Å². The maximum absolute atomic E-state index is 12.1. The zero-order valence-electron chi connectivity index (χ0n) is 11.5. The van der Waals surface area contributed by atoms with E-state index in [4.69, 9.17) is 5.26 Å². The highest BCUT2D eigenvalue weighted by Crippen LogP contribution is 2.16. The van der Waals surface area contributed by atoms with Crippen LogP contribution in [0.1, 0.15) is 47.3 Å². The molecule has 5 nitrogen and oxygen atoms in total. The molecule has 0 aromatic carbocycles. The molecular weight excluding hydrogens is 254 g/mol. The van der Waals surface area contributed by atoms with E-state index in [1.165, 1.54) is 18.1 Å². The van der Waals surface area contributed by atoms with Crippen LogP contribution in [-0.2, 0) is 0 Å². The molecule has 0 saturated heterocycles. The van der Waals surface area contributed by atoms with Crippen LogP contribution >= 0.6 is 0 Å². The third-order valence-corrected chi connectivity index (χ3v) is 3.45. The van der Waals surface area contributed by atoms with Crippen molar-refractivity contribution in [1.82, 2.24) is 10.3 Å². The van der Waals surface area contributed by atoms with Gasteiger partial charge in [-0.15, -0.1) is 0 Å². The standard InChI is InChI=1S/C15H17N3O2/c1-10-7-12(8-16)14(19)18-13(10)15(20)17-9-11-5-3-2-4-6-11/h5,7H,2-4,6,9H2,1H3,(H,17,20)(H,18,19). The number of carbonyl (C=O) groups is 1. The van der Waals surface area contributed by atoms with E-state index in [9.17, 15) is 9.59 Å². The van der Waals surface area contributed by atoms with Gasteiger partial charge in [0, 0.05) is 6.54 Å². The summed E-state index contributed by atoms with van der Waals surface area (Å²) >= 11 is 0. The van der Waals surface area contributed by atoms with Gasteiger partial charge in [-0.25, -0.2) is 0 Å². The zero-order chi connectivity index (χ0) is 14.5. The van der Waals surface area contributed by atoms with Crippen molar-refractivity contribution < 1.29 is 4.79 Å². The van der Waals surface area contributed by atoms with Crippen LogP contribution < -0.4 is 10.9 Å². The monoisotopic (exact) mass is 271 g/mol. The first-order valence-electron chi connectivity index (χ1n) is 6.72. The van der Waals surface area contributed by atoms with Crippen molar-refractivity contribution in [2.24, 2.45) is 0 Å². The summed E-state index contributed by atoms with van der Waals surface area (Å²) in [7, 11) is 0. The van der Waals surface area contributed by atoms with Crippen molar-refractivity contribution in [3.8, 4) is 6.07 Å². The highest BCUT2D eigenvalue weighted by Gasteiger charge is 2.13. The van der Waals surface area contributed by atoms with Crippen LogP contribution in [0.5, 0.6) is 0 Å². The Kier molecular flexibility index (Phi) is 4.36. The molecule has 0 radical (unpaired) electrons. The fourth-order valence-corrected chi connectivity index (χ4v) is 2.30. The van der Waals surface area contributed by atoms with Crippen LogP contribution in [-0.4, -0.2) is 17.4 Å². The van der Waals surface area contributed by atoms with Gasteiger partial charge >= 0.3 is 0 Å². The molecule has 2 rings (SSSR count). The van der Waals surface area contributed by atoms with Gasteiger partial charge in [0.25, 0.3) is 11.5 Å². The van der Waals surface area contributed by atoms with E-state index in [2.05, 4.69) is 16.4 Å². The summed E-state index contributed by atoms with van der Waals surface area (Å²) in [6.07, 6.45) is 6.62. The molecule has 1 heterocycles. The van der Waals surface area contributed by atoms with Crippen molar-refractivity contribution in [3.63, 3.8) is 0 Å². The lowest BCUT2D eigenvalue weighted by Gasteiger charge is -2.14. The van der Waals surface area contributed by atoms with Gasteiger partial charge in [-0.2, -0.15) is 5.26 Å². The Morgan fingerprint density at radius 2 is 2.30 bits per heavy atom. The first-order chi connectivity index (χ1) is 9.61. The molecule has 0 fully saturated rings. The van der Waals surface area contributed by atoms with E-state index in [0.29, 0.717) is 12.1 Å². The highest BCUT2D eigenvalue weighted by atomic mass is 16.2. The second kappa shape index (κ2) is 6.20. The lowest BCUT2D eigenvalue weighted by atomic mass is 9.99. The second-order valence-electron chi connectivity index (χ2n) is 4.97. The molecule has 0 atom stereocenters. The first-order valence-corrected chi connectivity index (χ1v) is 6.72. The van der Waals surface area contributed by atoms with Gasteiger partial charge in [0.2, 0.25) is 0 Å². The second-order valence-corrected chi connectivity index (χ2v) is 4.97. The average Bonchev–Trinajstić information content (AvgIpc) is 2.47. The molecule has 0 spiro atoms. The smallest absolute Gasteiger partial charge is 0.268 e. The number of aryl methyl sites for hydroxylation is 1. The molecule has 0 unspecified atom stereocenters. The molecule has 0 saturated carbocycles. The largest absolute Gasteiger partial charge is 0.347 e. The predicted octanol–water partition coefficient (Wildman–Crippen LogP) is 1.79. The molecule has 1 aromatic heterocycles. The number of carbonyl (C=O) groups excluding carboxylic acids is 1. The Morgan fingerprint density at radius 3 is 2.95 bits per heavy atom. The van der Waals surface area contributed by atoms with Gasteiger partial charge in [-0.05, 0) is 44.2 Å². The number of hydrogen-bond donors (Lipinski definition) is 2. The molecule has 0 aliphatic heterocycles. The Labute approximate surface area is 117 Å². The minimum atomic E-state index is -0.528. The lowest BCUT2D eigenvalue weighted by Crippen LogP contribution is -2.30. The van der Waals surface area contributed by atoms with Crippen molar-refractivity contribution in [2.75, 3.05) is 6.54 Å². The summed E-state index contributed by atoms with van der Waals surface area (Å²) in [5.41, 5.74) is 1.55. The Morgan fingerprint density at radius 1 is 1.50 bits per heavy atom. The fourth-order valence-electron chi connectivity index (χ4n) is 2.30. The van der Waals surface area contributed by atoms with Crippen LogP contribution in [0, 0.1) is 18.3 Å². The van der Waals surface area contributed by atoms with Crippen molar-refractivity contribution >= 4 is 5.91 Å². The summed E-state index contributed by atoms with van der Waals surface area (Å²) in [5.74, 6) is -0.310. The number of amides is 1. The van der Waals surface area contributed by atoms with E-state index >= 15 is 0 Å². The molecule has 0 bridgehead atoms. The quantitative estimate of drug-likeness (QED) is 0.822.